The van der Waals surface area contributed by atoms with Crippen LogP contribution in [-0.4, -0.2) is 12.6 Å². The number of hydrogen-bond acceptors (Lipinski definition) is 4. The van der Waals surface area contributed by atoms with E-state index in [2.05, 4.69) is 22.1 Å². The third-order valence-electron chi connectivity index (χ3n) is 2.62. The van der Waals surface area contributed by atoms with Gasteiger partial charge in [-0.25, -0.2) is 0 Å². The van der Waals surface area contributed by atoms with Gasteiger partial charge in [0.15, 0.2) is 0 Å². The van der Waals surface area contributed by atoms with Gasteiger partial charge in [-0.1, -0.05) is 0 Å². The van der Waals surface area contributed by atoms with Crippen LogP contribution in [-0.2, 0) is 6.42 Å². The summed E-state index contributed by atoms with van der Waals surface area (Å²) in [6.07, 6.45) is 1.17. The third kappa shape index (κ3) is 4.48. The lowest BCUT2D eigenvalue weighted by Crippen LogP contribution is -2.08. The lowest BCUT2D eigenvalue weighted by Gasteiger charge is -2.13. The van der Waals surface area contributed by atoms with Gasteiger partial charge in [0.05, 0.1) is 6.10 Å². The zero-order valence-corrected chi connectivity index (χ0v) is 12.2. The second-order valence-electron chi connectivity index (χ2n) is 4.77. The highest BCUT2D eigenvalue weighted by Crippen LogP contribution is 2.23. The van der Waals surface area contributed by atoms with Crippen molar-refractivity contribution in [2.24, 2.45) is 0 Å². The quantitative estimate of drug-likeness (QED) is 0.789. The first kappa shape index (κ1) is 13.7. The fourth-order valence-electron chi connectivity index (χ4n) is 1.85. The number of nitrogens with two attached hydrogens (primary N) is 1. The summed E-state index contributed by atoms with van der Waals surface area (Å²) in [5.74, 6) is 0.813. The molecule has 3 N–H and O–H groups in total. The fourth-order valence-corrected chi connectivity index (χ4v) is 2.55. The Hall–Kier alpha value is -1.68. The molecule has 1 aromatic carbocycles. The predicted molar refractivity (Wildman–Crippen MR) is 83.1 cm³/mol. The van der Waals surface area contributed by atoms with Gasteiger partial charge < -0.3 is 15.8 Å². The summed E-state index contributed by atoms with van der Waals surface area (Å²) < 4.78 is 5.67. The summed E-state index contributed by atoms with van der Waals surface area (Å²) >= 11 is 1.73. The van der Waals surface area contributed by atoms with Crippen molar-refractivity contribution in [3.05, 3.63) is 40.6 Å². The van der Waals surface area contributed by atoms with Gasteiger partial charge in [-0.05, 0) is 48.7 Å². The standard InChI is InChI=1S/C15H20N2OS/c1-11(2)18-15-8-13(16)7-14(9-15)17-5-3-12-4-6-19-10-12/h4,6-11,17H,3,5,16H2,1-2H3. The summed E-state index contributed by atoms with van der Waals surface area (Å²) in [6.45, 7) is 4.90. The number of anilines is 2. The van der Waals surface area contributed by atoms with Crippen molar-refractivity contribution in [2.45, 2.75) is 26.4 Å². The van der Waals surface area contributed by atoms with Gasteiger partial charge in [0.25, 0.3) is 0 Å². The highest BCUT2D eigenvalue weighted by molar-refractivity contribution is 7.07. The molecule has 1 heterocycles. The molecule has 2 aromatic rings. The van der Waals surface area contributed by atoms with Crippen molar-refractivity contribution in [3.8, 4) is 5.75 Å². The summed E-state index contributed by atoms with van der Waals surface area (Å²) in [6, 6.07) is 7.92. The monoisotopic (exact) mass is 276 g/mol. The van der Waals surface area contributed by atoms with Gasteiger partial charge in [0.1, 0.15) is 5.75 Å². The molecule has 1 aromatic heterocycles. The Labute approximate surface area is 118 Å². The molecule has 19 heavy (non-hydrogen) atoms. The lowest BCUT2D eigenvalue weighted by atomic mass is 10.2. The van der Waals surface area contributed by atoms with Crippen LogP contribution in [0, 0.1) is 0 Å². The van der Waals surface area contributed by atoms with Gasteiger partial charge in [-0.2, -0.15) is 11.3 Å². The molecule has 3 nitrogen and oxygen atoms in total. The Morgan fingerprint density at radius 1 is 1.32 bits per heavy atom. The minimum atomic E-state index is 0.153. The Bertz CT molecular complexity index is 509. The maximum absolute atomic E-state index is 5.88. The van der Waals surface area contributed by atoms with E-state index in [9.17, 15) is 0 Å². The van der Waals surface area contributed by atoms with E-state index in [-0.39, 0.29) is 6.10 Å². The summed E-state index contributed by atoms with van der Waals surface area (Å²) in [5.41, 5.74) is 8.97. The second-order valence-corrected chi connectivity index (χ2v) is 5.55. The summed E-state index contributed by atoms with van der Waals surface area (Å²) in [5, 5.41) is 7.66. The number of rotatable bonds is 6. The normalized spacial score (nSPS) is 10.7. The highest BCUT2D eigenvalue weighted by atomic mass is 32.1. The maximum Gasteiger partial charge on any atom is 0.123 e. The van der Waals surface area contributed by atoms with Gasteiger partial charge in [0, 0.05) is 30.1 Å². The van der Waals surface area contributed by atoms with Crippen molar-refractivity contribution in [2.75, 3.05) is 17.6 Å². The second kappa shape index (κ2) is 6.48. The minimum absolute atomic E-state index is 0.153. The molecule has 0 saturated carbocycles. The van der Waals surface area contributed by atoms with Crippen LogP contribution in [0.15, 0.2) is 35.0 Å². The van der Waals surface area contributed by atoms with Gasteiger partial charge >= 0.3 is 0 Å². The molecular formula is C15H20N2OS. The Morgan fingerprint density at radius 3 is 2.84 bits per heavy atom. The first-order valence-corrected chi connectivity index (χ1v) is 7.40. The topological polar surface area (TPSA) is 47.3 Å². The van der Waals surface area contributed by atoms with E-state index in [4.69, 9.17) is 10.5 Å². The molecule has 0 radical (unpaired) electrons. The highest BCUT2D eigenvalue weighted by Gasteiger charge is 2.02. The molecule has 2 rings (SSSR count). The fraction of sp³-hybridized carbons (Fsp3) is 0.333. The lowest BCUT2D eigenvalue weighted by molar-refractivity contribution is 0.242. The number of ether oxygens (including phenoxy) is 1. The molecule has 0 unspecified atom stereocenters. The molecule has 0 spiro atoms. The first-order chi connectivity index (χ1) is 9.13. The SMILES string of the molecule is CC(C)Oc1cc(N)cc(NCCc2ccsc2)c1. The molecule has 4 heteroatoms. The minimum Gasteiger partial charge on any atom is -0.491 e. The molecule has 0 amide bonds. The molecule has 102 valence electrons. The largest absolute Gasteiger partial charge is 0.491 e. The molecule has 0 aliphatic heterocycles. The van der Waals surface area contributed by atoms with Crippen LogP contribution in [0.25, 0.3) is 0 Å². The molecular weight excluding hydrogens is 256 g/mol. The Morgan fingerprint density at radius 2 is 2.16 bits per heavy atom. The Balaban J connectivity index is 1.93. The molecule has 0 atom stereocenters. The maximum atomic E-state index is 5.88. The number of nitrogens with one attached hydrogen (secondary N) is 1. The molecule has 0 fully saturated rings. The van der Waals surface area contributed by atoms with Crippen LogP contribution in [0.4, 0.5) is 11.4 Å². The first-order valence-electron chi connectivity index (χ1n) is 6.45. The van der Waals surface area contributed by atoms with Gasteiger partial charge in [-0.3, -0.25) is 0 Å². The average molecular weight is 276 g/mol. The van der Waals surface area contributed by atoms with E-state index in [0.717, 1.165) is 30.1 Å². The van der Waals surface area contributed by atoms with Crippen molar-refractivity contribution in [3.63, 3.8) is 0 Å². The molecule has 0 aliphatic rings. The molecule has 0 saturated heterocycles. The van der Waals surface area contributed by atoms with Crippen molar-refractivity contribution in [1.29, 1.82) is 0 Å². The summed E-state index contributed by atoms with van der Waals surface area (Å²) in [4.78, 5) is 0. The zero-order chi connectivity index (χ0) is 13.7. The van der Waals surface area contributed by atoms with E-state index in [1.165, 1.54) is 5.56 Å². The van der Waals surface area contributed by atoms with E-state index >= 15 is 0 Å². The van der Waals surface area contributed by atoms with Crippen molar-refractivity contribution in [1.82, 2.24) is 0 Å². The van der Waals surface area contributed by atoms with E-state index in [1.54, 1.807) is 11.3 Å². The Kier molecular flexibility index (Phi) is 4.68. The average Bonchev–Trinajstić information content (AvgIpc) is 2.80. The van der Waals surface area contributed by atoms with Crippen LogP contribution in [0.5, 0.6) is 5.75 Å². The third-order valence-corrected chi connectivity index (χ3v) is 3.36. The van der Waals surface area contributed by atoms with Crippen LogP contribution in [0.2, 0.25) is 0 Å². The van der Waals surface area contributed by atoms with Crippen LogP contribution in [0.1, 0.15) is 19.4 Å². The number of hydrogen-bond donors (Lipinski definition) is 2. The molecule has 0 bridgehead atoms. The van der Waals surface area contributed by atoms with E-state index < -0.39 is 0 Å². The van der Waals surface area contributed by atoms with Crippen molar-refractivity contribution >= 4 is 22.7 Å². The van der Waals surface area contributed by atoms with Crippen LogP contribution in [0.3, 0.4) is 0 Å². The van der Waals surface area contributed by atoms with Gasteiger partial charge in [-0.15, -0.1) is 0 Å². The predicted octanol–water partition coefficient (Wildman–Crippen LogP) is 3.77. The van der Waals surface area contributed by atoms with Crippen LogP contribution >= 0.6 is 11.3 Å². The smallest absolute Gasteiger partial charge is 0.123 e. The summed E-state index contributed by atoms with van der Waals surface area (Å²) in [7, 11) is 0. The number of thiophene rings is 1. The zero-order valence-electron chi connectivity index (χ0n) is 11.3. The number of benzene rings is 1. The number of nitrogen functional groups attached to an aromatic ring is 1. The molecule has 0 aliphatic carbocycles. The van der Waals surface area contributed by atoms with Crippen LogP contribution < -0.4 is 15.8 Å². The van der Waals surface area contributed by atoms with Crippen molar-refractivity contribution < 1.29 is 4.74 Å². The van der Waals surface area contributed by atoms with Gasteiger partial charge in [0.2, 0.25) is 0 Å². The van der Waals surface area contributed by atoms with E-state index in [0.29, 0.717) is 0 Å². The van der Waals surface area contributed by atoms with E-state index in [1.807, 2.05) is 32.0 Å².